The lowest BCUT2D eigenvalue weighted by molar-refractivity contribution is -0.141. The summed E-state index contributed by atoms with van der Waals surface area (Å²) in [5.74, 6) is 0.211. The lowest BCUT2D eigenvalue weighted by Crippen LogP contribution is -2.39. The maximum absolute atomic E-state index is 11.0. The maximum Gasteiger partial charge on any atom is 0.308 e. The smallest absolute Gasteiger partial charge is 0.308 e. The molecule has 0 radical (unpaired) electrons. The quantitative estimate of drug-likeness (QED) is 0.866. The zero-order chi connectivity index (χ0) is 13.0. The Labute approximate surface area is 106 Å². The van der Waals surface area contributed by atoms with E-state index in [-0.39, 0.29) is 5.92 Å². The van der Waals surface area contributed by atoms with Gasteiger partial charge in [-0.25, -0.2) is 9.97 Å². The van der Waals surface area contributed by atoms with E-state index in [4.69, 9.17) is 9.84 Å². The maximum atomic E-state index is 11.0. The number of hydrogen-bond acceptors (Lipinski definition) is 5. The lowest BCUT2D eigenvalue weighted by atomic mass is 9.98. The Hall–Kier alpha value is -1.85. The first-order valence-corrected chi connectivity index (χ1v) is 6.13. The molecule has 18 heavy (non-hydrogen) atoms. The Morgan fingerprint density at radius 2 is 2.44 bits per heavy atom. The molecule has 98 valence electrons. The van der Waals surface area contributed by atoms with Crippen molar-refractivity contribution in [1.29, 1.82) is 0 Å². The summed E-state index contributed by atoms with van der Waals surface area (Å²) >= 11 is 0. The second kappa shape index (κ2) is 5.66. The molecule has 1 aromatic heterocycles. The summed E-state index contributed by atoms with van der Waals surface area (Å²) in [7, 11) is 0. The normalized spacial score (nSPS) is 19.6. The molecule has 0 aromatic carbocycles. The first-order valence-electron chi connectivity index (χ1n) is 6.13. The van der Waals surface area contributed by atoms with E-state index in [2.05, 4.69) is 9.97 Å². The fourth-order valence-electron chi connectivity index (χ4n) is 2.12. The van der Waals surface area contributed by atoms with Crippen LogP contribution < -0.4 is 9.64 Å². The number of anilines is 1. The number of piperidine rings is 1. The number of hydrogen-bond donors (Lipinski definition) is 1. The molecule has 2 rings (SSSR count). The van der Waals surface area contributed by atoms with Crippen molar-refractivity contribution in [3.05, 3.63) is 12.4 Å². The predicted molar refractivity (Wildman–Crippen MR) is 65.8 cm³/mol. The Morgan fingerprint density at radius 1 is 1.61 bits per heavy atom. The Kier molecular flexibility index (Phi) is 3.96. The molecule has 1 aromatic rings. The van der Waals surface area contributed by atoms with Crippen LogP contribution in [0.25, 0.3) is 0 Å². The van der Waals surface area contributed by atoms with Crippen LogP contribution in [0.1, 0.15) is 19.8 Å². The van der Waals surface area contributed by atoms with Gasteiger partial charge >= 0.3 is 5.97 Å². The van der Waals surface area contributed by atoms with Crippen LogP contribution in [0.2, 0.25) is 0 Å². The fraction of sp³-hybridized carbons (Fsp3) is 0.583. The number of carboxylic acid groups (broad SMARTS) is 1. The molecule has 0 saturated carbocycles. The topological polar surface area (TPSA) is 75.5 Å². The minimum Gasteiger partial charge on any atom is -0.481 e. The third-order valence-electron chi connectivity index (χ3n) is 3.01. The van der Waals surface area contributed by atoms with Crippen LogP contribution in [-0.2, 0) is 4.79 Å². The summed E-state index contributed by atoms with van der Waals surface area (Å²) in [6.07, 6.45) is 3.05. The molecule has 2 heterocycles. The summed E-state index contributed by atoms with van der Waals surface area (Å²) in [6, 6.07) is 1.76. The fourth-order valence-corrected chi connectivity index (χ4v) is 2.12. The van der Waals surface area contributed by atoms with Crippen LogP contribution in [0.15, 0.2) is 12.4 Å². The van der Waals surface area contributed by atoms with Crippen LogP contribution in [0, 0.1) is 5.92 Å². The first-order chi connectivity index (χ1) is 8.70. The summed E-state index contributed by atoms with van der Waals surface area (Å²) in [5.41, 5.74) is 0. The molecule has 1 aliphatic rings. The van der Waals surface area contributed by atoms with Crippen LogP contribution in [0.4, 0.5) is 5.82 Å². The number of carbonyl (C=O) groups is 1. The number of ether oxygens (including phenoxy) is 1. The number of carboxylic acids is 1. The van der Waals surface area contributed by atoms with Crippen molar-refractivity contribution in [2.24, 2.45) is 5.92 Å². The SMILES string of the molecule is CCOc1cc(N2CCCC(C(=O)O)C2)ncn1. The van der Waals surface area contributed by atoms with Crippen molar-refractivity contribution in [2.45, 2.75) is 19.8 Å². The van der Waals surface area contributed by atoms with Crippen molar-refractivity contribution >= 4 is 11.8 Å². The van der Waals surface area contributed by atoms with Gasteiger partial charge in [0.15, 0.2) is 0 Å². The van der Waals surface area contributed by atoms with Crippen molar-refractivity contribution in [3.63, 3.8) is 0 Å². The monoisotopic (exact) mass is 251 g/mol. The highest BCUT2D eigenvalue weighted by Gasteiger charge is 2.26. The van der Waals surface area contributed by atoms with Crippen molar-refractivity contribution in [3.8, 4) is 5.88 Å². The van der Waals surface area contributed by atoms with E-state index in [0.29, 0.717) is 19.0 Å². The minimum absolute atomic E-state index is 0.316. The molecule has 0 spiro atoms. The Balaban J connectivity index is 2.10. The van der Waals surface area contributed by atoms with Crippen LogP contribution >= 0.6 is 0 Å². The van der Waals surface area contributed by atoms with Crippen molar-refractivity contribution < 1.29 is 14.6 Å². The largest absolute Gasteiger partial charge is 0.481 e. The average Bonchev–Trinajstić information content (AvgIpc) is 2.39. The molecule has 1 N–H and O–H groups in total. The van der Waals surface area contributed by atoms with Gasteiger partial charge in [0.2, 0.25) is 5.88 Å². The zero-order valence-corrected chi connectivity index (χ0v) is 10.4. The van der Waals surface area contributed by atoms with Gasteiger partial charge in [0.05, 0.1) is 12.5 Å². The highest BCUT2D eigenvalue weighted by molar-refractivity contribution is 5.71. The molecule has 1 saturated heterocycles. The highest BCUT2D eigenvalue weighted by atomic mass is 16.5. The van der Waals surface area contributed by atoms with Crippen LogP contribution in [-0.4, -0.2) is 40.7 Å². The molecule has 0 amide bonds. The molecular weight excluding hydrogens is 234 g/mol. The van der Waals surface area contributed by atoms with E-state index in [1.54, 1.807) is 6.07 Å². The van der Waals surface area contributed by atoms with Crippen LogP contribution in [0.3, 0.4) is 0 Å². The number of rotatable bonds is 4. The van der Waals surface area contributed by atoms with Gasteiger partial charge in [0.1, 0.15) is 12.1 Å². The zero-order valence-electron chi connectivity index (χ0n) is 10.4. The summed E-state index contributed by atoms with van der Waals surface area (Å²) in [6.45, 7) is 3.77. The third kappa shape index (κ3) is 2.88. The Morgan fingerprint density at radius 3 is 3.17 bits per heavy atom. The first kappa shape index (κ1) is 12.6. The molecule has 6 heteroatoms. The van der Waals surface area contributed by atoms with E-state index >= 15 is 0 Å². The van der Waals surface area contributed by atoms with E-state index in [1.165, 1.54) is 6.33 Å². The van der Waals surface area contributed by atoms with E-state index in [9.17, 15) is 4.79 Å². The number of nitrogens with zero attached hydrogens (tertiary/aromatic N) is 3. The standard InChI is InChI=1S/C12H17N3O3/c1-2-18-11-6-10(13-8-14-11)15-5-3-4-9(7-15)12(16)17/h6,8-9H,2-5,7H2,1H3,(H,16,17). The molecule has 1 aliphatic heterocycles. The minimum atomic E-state index is -0.737. The molecule has 6 nitrogen and oxygen atoms in total. The van der Waals surface area contributed by atoms with Gasteiger partial charge in [0, 0.05) is 19.2 Å². The number of aliphatic carboxylic acids is 1. The average molecular weight is 251 g/mol. The van der Waals surface area contributed by atoms with Gasteiger partial charge in [-0.3, -0.25) is 4.79 Å². The van der Waals surface area contributed by atoms with Gasteiger partial charge in [-0.1, -0.05) is 0 Å². The second-order valence-electron chi connectivity index (χ2n) is 4.27. The molecule has 1 atom stereocenters. The van der Waals surface area contributed by atoms with Gasteiger partial charge in [-0.15, -0.1) is 0 Å². The lowest BCUT2D eigenvalue weighted by Gasteiger charge is -2.31. The second-order valence-corrected chi connectivity index (χ2v) is 4.27. The van der Waals surface area contributed by atoms with Gasteiger partial charge in [0.25, 0.3) is 0 Å². The summed E-state index contributed by atoms with van der Waals surface area (Å²) < 4.78 is 5.32. The van der Waals surface area contributed by atoms with Crippen molar-refractivity contribution in [1.82, 2.24) is 9.97 Å². The van der Waals surface area contributed by atoms with E-state index in [1.807, 2.05) is 11.8 Å². The van der Waals surface area contributed by atoms with Crippen LogP contribution in [0.5, 0.6) is 5.88 Å². The molecule has 0 bridgehead atoms. The Bertz CT molecular complexity index is 425. The predicted octanol–water partition coefficient (Wildman–Crippen LogP) is 1.18. The summed E-state index contributed by atoms with van der Waals surface area (Å²) in [4.78, 5) is 21.2. The molecule has 1 fully saturated rings. The summed E-state index contributed by atoms with van der Waals surface area (Å²) in [5, 5.41) is 9.06. The molecule has 1 unspecified atom stereocenters. The third-order valence-corrected chi connectivity index (χ3v) is 3.01. The van der Waals surface area contributed by atoms with Gasteiger partial charge < -0.3 is 14.7 Å². The molecular formula is C12H17N3O3. The van der Waals surface area contributed by atoms with Gasteiger partial charge in [-0.2, -0.15) is 0 Å². The molecule has 0 aliphatic carbocycles. The van der Waals surface area contributed by atoms with E-state index in [0.717, 1.165) is 25.2 Å². The van der Waals surface area contributed by atoms with E-state index < -0.39 is 5.97 Å². The highest BCUT2D eigenvalue weighted by Crippen LogP contribution is 2.23. The van der Waals surface area contributed by atoms with Gasteiger partial charge in [-0.05, 0) is 19.8 Å². The number of aromatic nitrogens is 2. The van der Waals surface area contributed by atoms with Crippen molar-refractivity contribution in [2.75, 3.05) is 24.6 Å².